The van der Waals surface area contributed by atoms with E-state index in [4.69, 9.17) is 0 Å². The number of benzene rings is 2. The number of carbonyl (C=O) groups excluding carboxylic acids is 1. The Morgan fingerprint density at radius 2 is 1.68 bits per heavy atom. The molecule has 28 heavy (non-hydrogen) atoms. The van der Waals surface area contributed by atoms with Crippen molar-refractivity contribution in [3.63, 3.8) is 0 Å². The third-order valence-electron chi connectivity index (χ3n) is 5.33. The van der Waals surface area contributed by atoms with Crippen LogP contribution in [0, 0.1) is 0 Å². The highest BCUT2D eigenvalue weighted by atomic mass is 16.2. The van der Waals surface area contributed by atoms with Gasteiger partial charge in [-0.1, -0.05) is 48.9 Å². The molecule has 5 heteroatoms. The monoisotopic (exact) mass is 375 g/mol. The molecule has 0 radical (unpaired) electrons. The zero-order valence-electron chi connectivity index (χ0n) is 15.9. The normalized spacial score (nSPS) is 14.9. The first kappa shape index (κ1) is 18.4. The van der Waals surface area contributed by atoms with Crippen molar-refractivity contribution in [1.29, 1.82) is 0 Å². The summed E-state index contributed by atoms with van der Waals surface area (Å²) in [7, 11) is 0. The van der Waals surface area contributed by atoms with Crippen LogP contribution < -0.4 is 10.9 Å². The first-order chi connectivity index (χ1) is 13.7. The van der Waals surface area contributed by atoms with Gasteiger partial charge in [0.05, 0.1) is 5.56 Å². The van der Waals surface area contributed by atoms with Gasteiger partial charge in [0.25, 0.3) is 5.91 Å². The number of nitrogens with zero attached hydrogens (tertiary/aromatic N) is 1. The van der Waals surface area contributed by atoms with Crippen molar-refractivity contribution in [2.45, 2.75) is 32.4 Å². The summed E-state index contributed by atoms with van der Waals surface area (Å²) in [5.74, 6) is -0.236. The number of piperidine rings is 1. The topological polar surface area (TPSA) is 65.2 Å². The smallest absolute Gasteiger partial charge is 0.252 e. The van der Waals surface area contributed by atoms with Crippen molar-refractivity contribution in [2.75, 3.05) is 13.1 Å². The lowest BCUT2D eigenvalue weighted by molar-refractivity contribution is 0.0952. The molecule has 5 nitrogen and oxygen atoms in total. The van der Waals surface area contributed by atoms with E-state index in [-0.39, 0.29) is 11.5 Å². The number of para-hydroxylation sites is 1. The fourth-order valence-corrected chi connectivity index (χ4v) is 3.81. The van der Waals surface area contributed by atoms with Gasteiger partial charge < -0.3 is 10.3 Å². The van der Waals surface area contributed by atoms with E-state index >= 15 is 0 Å². The maximum atomic E-state index is 12.6. The number of aromatic amines is 1. The first-order valence-corrected chi connectivity index (χ1v) is 9.89. The Morgan fingerprint density at radius 3 is 2.46 bits per heavy atom. The number of hydrogen-bond acceptors (Lipinski definition) is 3. The largest absolute Gasteiger partial charge is 0.348 e. The van der Waals surface area contributed by atoms with Crippen LogP contribution in [0.5, 0.6) is 0 Å². The Kier molecular flexibility index (Phi) is 5.53. The minimum Gasteiger partial charge on any atom is -0.348 e. The van der Waals surface area contributed by atoms with Crippen molar-refractivity contribution in [3.05, 3.63) is 81.6 Å². The minimum atomic E-state index is -0.272. The maximum absolute atomic E-state index is 12.6. The number of rotatable bonds is 5. The van der Waals surface area contributed by atoms with E-state index in [9.17, 15) is 9.59 Å². The van der Waals surface area contributed by atoms with E-state index in [2.05, 4.69) is 39.5 Å². The summed E-state index contributed by atoms with van der Waals surface area (Å²) in [5.41, 5.74) is 3.15. The second-order valence-corrected chi connectivity index (χ2v) is 7.43. The quantitative estimate of drug-likeness (QED) is 0.718. The van der Waals surface area contributed by atoms with Crippen molar-refractivity contribution in [2.24, 2.45) is 0 Å². The molecule has 1 amide bonds. The molecule has 3 aromatic rings. The summed E-state index contributed by atoms with van der Waals surface area (Å²) in [6.07, 6.45) is 3.93. The lowest BCUT2D eigenvalue weighted by Gasteiger charge is -2.26. The number of hydrogen-bond donors (Lipinski definition) is 2. The molecule has 2 N–H and O–H groups in total. The van der Waals surface area contributed by atoms with Crippen LogP contribution in [0.15, 0.2) is 59.4 Å². The van der Waals surface area contributed by atoms with Crippen LogP contribution in [-0.2, 0) is 13.1 Å². The molecule has 4 rings (SSSR count). The third kappa shape index (κ3) is 4.31. The standard InChI is InChI=1S/C23H25N3O2/c27-22-14-20(19-6-2-3-7-21(19)25-22)23(28)24-15-17-8-10-18(11-9-17)16-26-12-4-1-5-13-26/h2-3,6-11,14H,1,4-5,12-13,15-16H2,(H,24,28)(H,25,27). The number of amides is 1. The summed E-state index contributed by atoms with van der Waals surface area (Å²) in [6.45, 7) is 3.79. The molecule has 1 saturated heterocycles. The van der Waals surface area contributed by atoms with Crippen molar-refractivity contribution in [1.82, 2.24) is 15.2 Å². The molecule has 2 aromatic carbocycles. The van der Waals surface area contributed by atoms with Gasteiger partial charge in [-0.3, -0.25) is 14.5 Å². The van der Waals surface area contributed by atoms with Gasteiger partial charge in [0, 0.05) is 30.1 Å². The van der Waals surface area contributed by atoms with E-state index in [0.29, 0.717) is 17.6 Å². The Labute approximate surface area is 164 Å². The van der Waals surface area contributed by atoms with Gasteiger partial charge in [0.2, 0.25) is 5.56 Å². The molecule has 0 saturated carbocycles. The molecule has 0 bridgehead atoms. The molecule has 0 aliphatic carbocycles. The van der Waals surface area contributed by atoms with E-state index < -0.39 is 0 Å². The fraction of sp³-hybridized carbons (Fsp3) is 0.304. The summed E-state index contributed by atoms with van der Waals surface area (Å²) in [5, 5.41) is 3.68. The summed E-state index contributed by atoms with van der Waals surface area (Å²) in [6, 6.07) is 17.1. The van der Waals surface area contributed by atoms with Crippen LogP contribution in [0.4, 0.5) is 0 Å². The van der Waals surface area contributed by atoms with Crippen molar-refractivity contribution >= 4 is 16.8 Å². The van der Waals surface area contributed by atoms with Crippen molar-refractivity contribution in [3.8, 4) is 0 Å². The highest BCUT2D eigenvalue weighted by Crippen LogP contribution is 2.16. The first-order valence-electron chi connectivity index (χ1n) is 9.89. The predicted octanol–water partition coefficient (Wildman–Crippen LogP) is 3.44. The summed E-state index contributed by atoms with van der Waals surface area (Å²) in [4.78, 5) is 29.7. The van der Waals surface area contributed by atoms with E-state index in [1.165, 1.54) is 44.0 Å². The van der Waals surface area contributed by atoms with Crippen LogP contribution in [-0.4, -0.2) is 28.9 Å². The van der Waals surface area contributed by atoms with Gasteiger partial charge in [-0.25, -0.2) is 0 Å². The molecule has 1 aliphatic rings. The molecular formula is C23H25N3O2. The second-order valence-electron chi connectivity index (χ2n) is 7.43. The zero-order chi connectivity index (χ0) is 19.3. The average Bonchev–Trinajstić information content (AvgIpc) is 2.73. The van der Waals surface area contributed by atoms with E-state index in [1.807, 2.05) is 18.2 Å². The molecule has 1 fully saturated rings. The highest BCUT2D eigenvalue weighted by molar-refractivity contribution is 6.05. The highest BCUT2D eigenvalue weighted by Gasteiger charge is 2.12. The van der Waals surface area contributed by atoms with Crippen LogP contribution in [0.1, 0.15) is 40.7 Å². The lowest BCUT2D eigenvalue weighted by Crippen LogP contribution is -2.29. The molecule has 1 aliphatic heterocycles. The van der Waals surface area contributed by atoms with Crippen LogP contribution in [0.2, 0.25) is 0 Å². The third-order valence-corrected chi connectivity index (χ3v) is 5.33. The number of H-pyrrole nitrogens is 1. The van der Waals surface area contributed by atoms with Crippen LogP contribution in [0.3, 0.4) is 0 Å². The van der Waals surface area contributed by atoms with Gasteiger partial charge >= 0.3 is 0 Å². The molecule has 2 heterocycles. The SMILES string of the molecule is O=C(NCc1ccc(CN2CCCCC2)cc1)c1cc(=O)[nH]c2ccccc12. The number of fused-ring (bicyclic) bond motifs is 1. The van der Waals surface area contributed by atoms with Crippen molar-refractivity contribution < 1.29 is 4.79 Å². The van der Waals surface area contributed by atoms with Gasteiger partial charge in [0.15, 0.2) is 0 Å². The minimum absolute atomic E-state index is 0.236. The fourth-order valence-electron chi connectivity index (χ4n) is 3.81. The predicted molar refractivity (Wildman–Crippen MR) is 111 cm³/mol. The molecule has 0 unspecified atom stereocenters. The summed E-state index contributed by atoms with van der Waals surface area (Å²) >= 11 is 0. The van der Waals surface area contributed by atoms with Crippen LogP contribution >= 0.6 is 0 Å². The number of likely N-dealkylation sites (tertiary alicyclic amines) is 1. The molecule has 0 atom stereocenters. The van der Waals surface area contributed by atoms with Gasteiger partial charge in [0.1, 0.15) is 0 Å². The van der Waals surface area contributed by atoms with Crippen LogP contribution in [0.25, 0.3) is 10.9 Å². The zero-order valence-corrected chi connectivity index (χ0v) is 15.9. The number of nitrogens with one attached hydrogen (secondary N) is 2. The Morgan fingerprint density at radius 1 is 0.964 bits per heavy atom. The Balaban J connectivity index is 1.40. The average molecular weight is 375 g/mol. The lowest BCUT2D eigenvalue weighted by atomic mass is 10.1. The van der Waals surface area contributed by atoms with E-state index in [0.717, 1.165) is 17.5 Å². The van der Waals surface area contributed by atoms with Gasteiger partial charge in [-0.15, -0.1) is 0 Å². The van der Waals surface area contributed by atoms with Gasteiger partial charge in [-0.05, 0) is 43.1 Å². The number of carbonyl (C=O) groups is 1. The summed E-state index contributed by atoms with van der Waals surface area (Å²) < 4.78 is 0. The maximum Gasteiger partial charge on any atom is 0.252 e. The molecule has 144 valence electrons. The number of aromatic nitrogens is 1. The van der Waals surface area contributed by atoms with E-state index in [1.54, 1.807) is 6.07 Å². The molecular weight excluding hydrogens is 350 g/mol. The second kappa shape index (κ2) is 8.40. The Bertz CT molecular complexity index is 1020. The number of pyridine rings is 1. The Hall–Kier alpha value is -2.92. The van der Waals surface area contributed by atoms with Gasteiger partial charge in [-0.2, -0.15) is 0 Å². The molecule has 0 spiro atoms. The molecule has 1 aromatic heterocycles.